The number of imide groups is 1. The standard InChI is InChI=1S/C18H23BrN6O3/c1-4-5-8-25-14-15(24(2)18(27)22-16(14)26)21-17(25)23-20-10-11-9-12(19)6-7-13(11)28-3/h6-7,9-10,14-15H,4-5,8H2,1-3H3,(H,21,23)(H,22,26,27)/b20-10+. The molecule has 10 heteroatoms. The zero-order valence-electron chi connectivity index (χ0n) is 16.0. The molecule has 1 fully saturated rings. The fraction of sp³-hybridized carbons (Fsp3) is 0.444. The lowest BCUT2D eigenvalue weighted by Gasteiger charge is -2.36. The Morgan fingerprint density at radius 2 is 2.21 bits per heavy atom. The van der Waals surface area contributed by atoms with Gasteiger partial charge in [-0.25, -0.2) is 15.2 Å². The maximum atomic E-state index is 12.4. The van der Waals surface area contributed by atoms with E-state index in [9.17, 15) is 9.59 Å². The zero-order chi connectivity index (χ0) is 20.3. The van der Waals surface area contributed by atoms with Crippen LogP contribution in [-0.2, 0) is 4.79 Å². The summed E-state index contributed by atoms with van der Waals surface area (Å²) in [6.07, 6.45) is 2.91. The first-order valence-electron chi connectivity index (χ1n) is 9.01. The summed E-state index contributed by atoms with van der Waals surface area (Å²) in [4.78, 5) is 32.2. The molecule has 0 bridgehead atoms. The summed E-state index contributed by atoms with van der Waals surface area (Å²) in [7, 11) is 3.22. The van der Waals surface area contributed by atoms with Gasteiger partial charge in [0.1, 0.15) is 5.75 Å². The second-order valence-corrected chi connectivity index (χ2v) is 7.44. The van der Waals surface area contributed by atoms with Gasteiger partial charge in [0, 0.05) is 23.6 Å². The smallest absolute Gasteiger partial charge is 0.325 e. The molecule has 0 aliphatic carbocycles. The van der Waals surface area contributed by atoms with Gasteiger partial charge >= 0.3 is 6.03 Å². The number of benzene rings is 1. The number of rotatable bonds is 6. The van der Waals surface area contributed by atoms with Crippen LogP contribution in [0.1, 0.15) is 25.3 Å². The first kappa shape index (κ1) is 20.1. The Kier molecular flexibility index (Phi) is 6.18. The number of urea groups is 1. The molecule has 2 aliphatic rings. The summed E-state index contributed by atoms with van der Waals surface area (Å²) < 4.78 is 6.24. The fourth-order valence-electron chi connectivity index (χ4n) is 3.16. The maximum Gasteiger partial charge on any atom is 0.325 e. The highest BCUT2D eigenvalue weighted by Crippen LogP contribution is 2.24. The van der Waals surface area contributed by atoms with Crippen molar-refractivity contribution in [1.82, 2.24) is 20.5 Å². The number of hydrogen-bond donors (Lipinski definition) is 2. The highest BCUT2D eigenvalue weighted by molar-refractivity contribution is 9.10. The second kappa shape index (κ2) is 8.59. The third kappa shape index (κ3) is 3.96. The van der Waals surface area contributed by atoms with E-state index in [0.29, 0.717) is 18.3 Å². The van der Waals surface area contributed by atoms with E-state index in [0.717, 1.165) is 22.9 Å². The minimum absolute atomic E-state index is 0.345. The van der Waals surface area contributed by atoms with Crippen molar-refractivity contribution in [3.05, 3.63) is 28.2 Å². The molecule has 28 heavy (non-hydrogen) atoms. The van der Waals surface area contributed by atoms with Gasteiger partial charge in [-0.05, 0) is 24.6 Å². The zero-order valence-corrected chi connectivity index (χ0v) is 17.6. The van der Waals surface area contributed by atoms with Gasteiger partial charge in [0.25, 0.3) is 5.91 Å². The molecule has 2 aliphatic heterocycles. The number of aliphatic imine (C=N–C) groups is 1. The average molecular weight is 451 g/mol. The van der Waals surface area contributed by atoms with Crippen LogP contribution in [0.5, 0.6) is 5.75 Å². The molecule has 1 aromatic carbocycles. The van der Waals surface area contributed by atoms with Crippen molar-refractivity contribution in [2.45, 2.75) is 32.0 Å². The summed E-state index contributed by atoms with van der Waals surface area (Å²) in [6, 6.07) is 4.59. The predicted octanol–water partition coefficient (Wildman–Crippen LogP) is 1.73. The lowest BCUT2D eigenvalue weighted by molar-refractivity contribution is -0.127. The number of likely N-dealkylation sites (N-methyl/N-ethyl adjacent to an activating group) is 1. The van der Waals surface area contributed by atoms with Crippen LogP contribution in [0.15, 0.2) is 32.8 Å². The lowest BCUT2D eigenvalue weighted by Crippen LogP contribution is -2.64. The van der Waals surface area contributed by atoms with E-state index in [4.69, 9.17) is 4.74 Å². The number of carbonyl (C=O) groups excluding carboxylic acids is 2. The van der Waals surface area contributed by atoms with Crippen LogP contribution in [0.25, 0.3) is 0 Å². The van der Waals surface area contributed by atoms with Gasteiger partial charge in [0.15, 0.2) is 12.2 Å². The van der Waals surface area contributed by atoms with Crippen molar-refractivity contribution >= 4 is 40.0 Å². The van der Waals surface area contributed by atoms with Crippen molar-refractivity contribution in [3.8, 4) is 5.75 Å². The van der Waals surface area contributed by atoms with Gasteiger partial charge < -0.3 is 14.5 Å². The number of ether oxygens (including phenoxy) is 1. The number of hydrazone groups is 1. The minimum atomic E-state index is -0.573. The molecule has 3 rings (SSSR count). The van der Waals surface area contributed by atoms with Crippen molar-refractivity contribution in [3.63, 3.8) is 0 Å². The van der Waals surface area contributed by atoms with E-state index in [1.807, 2.05) is 23.1 Å². The van der Waals surface area contributed by atoms with Crippen LogP contribution >= 0.6 is 15.9 Å². The van der Waals surface area contributed by atoms with Crippen LogP contribution in [0.4, 0.5) is 4.79 Å². The summed E-state index contributed by atoms with van der Waals surface area (Å²) in [5, 5.41) is 6.65. The number of fused-ring (bicyclic) bond motifs is 1. The number of carbonyl (C=O) groups is 2. The molecule has 9 nitrogen and oxygen atoms in total. The highest BCUT2D eigenvalue weighted by Gasteiger charge is 2.48. The Balaban J connectivity index is 1.81. The van der Waals surface area contributed by atoms with Crippen LogP contribution in [0, 0.1) is 0 Å². The molecule has 2 unspecified atom stereocenters. The Morgan fingerprint density at radius 3 is 2.93 bits per heavy atom. The molecule has 0 saturated carbocycles. The van der Waals surface area contributed by atoms with Crippen LogP contribution in [0.3, 0.4) is 0 Å². The monoisotopic (exact) mass is 450 g/mol. The van der Waals surface area contributed by atoms with Crippen molar-refractivity contribution in [2.75, 3.05) is 20.7 Å². The number of nitrogens with one attached hydrogen (secondary N) is 2. The Labute approximate surface area is 171 Å². The van der Waals surface area contributed by atoms with E-state index in [1.165, 1.54) is 4.90 Å². The first-order chi connectivity index (χ1) is 13.5. The number of amides is 3. The fourth-order valence-corrected chi connectivity index (χ4v) is 3.54. The Bertz CT molecular complexity index is 828. The largest absolute Gasteiger partial charge is 0.496 e. The SMILES string of the molecule is CCCCN1C(N/N=C/c2cc(Br)ccc2OC)=NC2C1C(=O)NC(=O)N2C. The second-order valence-electron chi connectivity index (χ2n) is 6.52. The molecule has 1 saturated heterocycles. The lowest BCUT2D eigenvalue weighted by atomic mass is 10.1. The quantitative estimate of drug-likeness (QED) is 0.507. The minimum Gasteiger partial charge on any atom is -0.496 e. The molecule has 2 heterocycles. The van der Waals surface area contributed by atoms with Gasteiger partial charge in [-0.15, -0.1) is 0 Å². The van der Waals surface area contributed by atoms with E-state index >= 15 is 0 Å². The van der Waals surface area contributed by atoms with Crippen molar-refractivity contribution in [2.24, 2.45) is 10.1 Å². The molecule has 150 valence electrons. The topological polar surface area (TPSA) is 98.6 Å². The molecule has 3 amide bonds. The molecular formula is C18H23BrN6O3. The summed E-state index contributed by atoms with van der Waals surface area (Å²) >= 11 is 3.43. The van der Waals surface area contributed by atoms with E-state index in [1.54, 1.807) is 20.4 Å². The molecule has 1 aromatic rings. The van der Waals surface area contributed by atoms with Crippen LogP contribution in [0.2, 0.25) is 0 Å². The van der Waals surface area contributed by atoms with Crippen molar-refractivity contribution in [1.29, 1.82) is 0 Å². The number of guanidine groups is 1. The van der Waals surface area contributed by atoms with Gasteiger partial charge in [-0.2, -0.15) is 5.10 Å². The molecule has 2 N–H and O–H groups in total. The molecule has 0 spiro atoms. The summed E-state index contributed by atoms with van der Waals surface area (Å²) in [6.45, 7) is 2.71. The average Bonchev–Trinajstić information content (AvgIpc) is 3.04. The summed E-state index contributed by atoms with van der Waals surface area (Å²) in [5.74, 6) is 0.802. The van der Waals surface area contributed by atoms with E-state index in [2.05, 4.69) is 43.7 Å². The van der Waals surface area contributed by atoms with Gasteiger partial charge in [-0.1, -0.05) is 29.3 Å². The number of unbranched alkanes of at least 4 members (excludes halogenated alkanes) is 1. The highest BCUT2D eigenvalue weighted by atomic mass is 79.9. The van der Waals surface area contributed by atoms with Gasteiger partial charge in [0.05, 0.1) is 13.3 Å². The molecule has 0 aromatic heterocycles. The Hall–Kier alpha value is -2.62. The molecular weight excluding hydrogens is 428 g/mol. The number of nitrogens with zero attached hydrogens (tertiary/aromatic N) is 4. The van der Waals surface area contributed by atoms with Gasteiger partial charge in [-0.3, -0.25) is 10.1 Å². The van der Waals surface area contributed by atoms with E-state index < -0.39 is 18.2 Å². The predicted molar refractivity (Wildman–Crippen MR) is 109 cm³/mol. The molecule has 2 atom stereocenters. The van der Waals surface area contributed by atoms with Crippen LogP contribution in [-0.4, -0.2) is 66.8 Å². The summed E-state index contributed by atoms with van der Waals surface area (Å²) in [5.41, 5.74) is 3.71. The normalized spacial score (nSPS) is 21.6. The maximum absolute atomic E-state index is 12.4. The van der Waals surface area contributed by atoms with Crippen molar-refractivity contribution < 1.29 is 14.3 Å². The number of hydrogen-bond acceptors (Lipinski definition) is 7. The van der Waals surface area contributed by atoms with Crippen LogP contribution < -0.4 is 15.5 Å². The Morgan fingerprint density at radius 1 is 1.43 bits per heavy atom. The third-order valence-corrected chi connectivity index (χ3v) is 5.17. The third-order valence-electron chi connectivity index (χ3n) is 4.67. The number of halogens is 1. The van der Waals surface area contributed by atoms with E-state index in [-0.39, 0.29) is 5.91 Å². The molecule has 0 radical (unpaired) electrons. The van der Waals surface area contributed by atoms with Gasteiger partial charge in [0.2, 0.25) is 5.96 Å². The number of methoxy groups -OCH3 is 1. The first-order valence-corrected chi connectivity index (χ1v) is 9.80.